The van der Waals surface area contributed by atoms with Crippen LogP contribution >= 0.6 is 0 Å². The number of phenols is 1. The molecule has 0 saturated heterocycles. The van der Waals surface area contributed by atoms with Crippen LogP contribution in [-0.4, -0.2) is 16.7 Å². The number of hydrogen-bond acceptors (Lipinski definition) is 3. The molecule has 0 saturated carbocycles. The van der Waals surface area contributed by atoms with Gasteiger partial charge in [-0.15, -0.1) is 0 Å². The van der Waals surface area contributed by atoms with Gasteiger partial charge in [-0.2, -0.15) is 0 Å². The molecule has 2 atom stereocenters. The number of carbonyl (C=O) groups is 2. The van der Waals surface area contributed by atoms with Crippen LogP contribution in [0, 0.1) is 11.8 Å². The van der Waals surface area contributed by atoms with Crippen LogP contribution < -0.4 is 0 Å². The first-order valence-corrected chi connectivity index (χ1v) is 9.44. The molecule has 3 heteroatoms. The van der Waals surface area contributed by atoms with E-state index in [-0.39, 0.29) is 28.1 Å². The molecule has 142 valence electrons. The second-order valence-electron chi connectivity index (χ2n) is 9.57. The lowest BCUT2D eigenvalue weighted by Crippen LogP contribution is -2.33. The molecule has 0 spiro atoms. The monoisotopic (exact) mass is 364 g/mol. The van der Waals surface area contributed by atoms with Crippen molar-refractivity contribution in [1.29, 1.82) is 0 Å². The second-order valence-corrected chi connectivity index (χ2v) is 9.57. The summed E-state index contributed by atoms with van der Waals surface area (Å²) >= 11 is 0. The average molecular weight is 364 g/mol. The molecule has 0 heterocycles. The van der Waals surface area contributed by atoms with E-state index in [0.29, 0.717) is 11.1 Å². The fraction of sp³-hybridized carbons (Fsp3) is 0.417. The maximum absolute atomic E-state index is 13.1. The maximum Gasteiger partial charge on any atom is 0.171 e. The van der Waals surface area contributed by atoms with Gasteiger partial charge < -0.3 is 5.11 Å². The van der Waals surface area contributed by atoms with Gasteiger partial charge in [-0.05, 0) is 34.6 Å². The van der Waals surface area contributed by atoms with E-state index < -0.39 is 11.8 Å². The number of benzene rings is 1. The lowest BCUT2D eigenvalue weighted by Gasteiger charge is -2.30. The van der Waals surface area contributed by atoms with Crippen LogP contribution in [0.4, 0.5) is 0 Å². The van der Waals surface area contributed by atoms with Crippen LogP contribution in [0.2, 0.25) is 0 Å². The smallest absolute Gasteiger partial charge is 0.171 e. The van der Waals surface area contributed by atoms with E-state index in [1.807, 2.05) is 71.9 Å². The number of phenolic OH excluding ortho intramolecular Hbond substituents is 1. The van der Waals surface area contributed by atoms with Crippen LogP contribution in [0.5, 0.6) is 5.75 Å². The predicted octanol–water partition coefficient (Wildman–Crippen LogP) is 4.88. The molecule has 0 aliphatic heterocycles. The summed E-state index contributed by atoms with van der Waals surface area (Å²) in [5.74, 6) is -0.643. The molecule has 1 aromatic rings. The summed E-state index contributed by atoms with van der Waals surface area (Å²) in [4.78, 5) is 25.8. The minimum absolute atomic E-state index is 0.0365. The number of ketones is 2. The summed E-state index contributed by atoms with van der Waals surface area (Å²) in [6, 6.07) is 3.73. The van der Waals surface area contributed by atoms with Crippen LogP contribution in [0.25, 0.3) is 5.57 Å². The normalized spacial score (nSPS) is 22.7. The van der Waals surface area contributed by atoms with E-state index >= 15 is 0 Å². The van der Waals surface area contributed by atoms with Crippen molar-refractivity contribution in [3.63, 3.8) is 0 Å². The number of allylic oxidation sites excluding steroid dienone is 6. The van der Waals surface area contributed by atoms with Crippen LogP contribution in [0.15, 0.2) is 42.5 Å². The minimum atomic E-state index is -0.438. The van der Waals surface area contributed by atoms with Gasteiger partial charge in [-0.25, -0.2) is 0 Å². The fourth-order valence-electron chi connectivity index (χ4n) is 3.78. The van der Waals surface area contributed by atoms with Crippen molar-refractivity contribution < 1.29 is 14.7 Å². The van der Waals surface area contributed by atoms with Gasteiger partial charge in [0.25, 0.3) is 0 Å². The molecule has 27 heavy (non-hydrogen) atoms. The Morgan fingerprint density at radius 3 is 1.78 bits per heavy atom. The number of aromatic hydroxyl groups is 1. The molecule has 1 N–H and O–H groups in total. The molecule has 0 fully saturated rings. The van der Waals surface area contributed by atoms with Crippen molar-refractivity contribution in [1.82, 2.24) is 0 Å². The number of carbonyl (C=O) groups excluding carboxylic acids is 2. The Morgan fingerprint density at radius 2 is 1.30 bits per heavy atom. The Balaban J connectivity index is 2.22. The highest BCUT2D eigenvalue weighted by Crippen LogP contribution is 2.42. The lowest BCUT2D eigenvalue weighted by atomic mass is 9.72. The summed E-state index contributed by atoms with van der Waals surface area (Å²) in [6.07, 6.45) is 8.75. The second kappa shape index (κ2) is 6.33. The van der Waals surface area contributed by atoms with Gasteiger partial charge in [0.05, 0.1) is 11.8 Å². The molecular formula is C24H28O3. The zero-order valence-corrected chi connectivity index (χ0v) is 17.0. The zero-order valence-electron chi connectivity index (χ0n) is 17.0. The SMILES string of the molecule is CC(C)(C)c1cc(C2=CC(=O)C3C=CC=CC3C2=O)cc(C(C)(C)C)c1O. The molecule has 3 nitrogen and oxygen atoms in total. The van der Waals surface area contributed by atoms with Crippen molar-refractivity contribution in [2.45, 2.75) is 52.4 Å². The van der Waals surface area contributed by atoms with Gasteiger partial charge in [-0.1, -0.05) is 65.8 Å². The van der Waals surface area contributed by atoms with Crippen LogP contribution in [0.1, 0.15) is 58.2 Å². The van der Waals surface area contributed by atoms with Crippen molar-refractivity contribution in [2.24, 2.45) is 11.8 Å². The van der Waals surface area contributed by atoms with E-state index in [1.165, 1.54) is 6.08 Å². The molecule has 2 aliphatic rings. The van der Waals surface area contributed by atoms with Gasteiger partial charge in [-0.3, -0.25) is 9.59 Å². The van der Waals surface area contributed by atoms with Crippen LogP contribution in [0.3, 0.4) is 0 Å². The molecule has 0 radical (unpaired) electrons. The van der Waals surface area contributed by atoms with Crippen molar-refractivity contribution in [2.75, 3.05) is 0 Å². The number of rotatable bonds is 1. The Bertz CT molecular complexity index is 864. The maximum atomic E-state index is 13.1. The summed E-state index contributed by atoms with van der Waals surface area (Å²) in [5, 5.41) is 10.9. The highest BCUT2D eigenvalue weighted by atomic mass is 16.3. The van der Waals surface area contributed by atoms with Crippen molar-refractivity contribution in [3.8, 4) is 5.75 Å². The Morgan fingerprint density at radius 1 is 0.815 bits per heavy atom. The largest absolute Gasteiger partial charge is 0.507 e. The van der Waals surface area contributed by atoms with E-state index in [0.717, 1.165) is 11.1 Å². The van der Waals surface area contributed by atoms with E-state index in [4.69, 9.17) is 0 Å². The average Bonchev–Trinajstić information content (AvgIpc) is 2.56. The number of hydrogen-bond donors (Lipinski definition) is 1. The first-order chi connectivity index (χ1) is 12.4. The Labute approximate surface area is 161 Å². The topological polar surface area (TPSA) is 54.4 Å². The third-order valence-corrected chi connectivity index (χ3v) is 5.36. The number of fused-ring (bicyclic) bond motifs is 1. The molecule has 0 amide bonds. The van der Waals surface area contributed by atoms with E-state index in [2.05, 4.69) is 0 Å². The minimum Gasteiger partial charge on any atom is -0.507 e. The number of Topliss-reactive ketones (excluding diaryl/α,β-unsaturated/α-hetero) is 1. The molecule has 0 bridgehead atoms. The Hall–Kier alpha value is -2.42. The summed E-state index contributed by atoms with van der Waals surface area (Å²) < 4.78 is 0. The van der Waals surface area contributed by atoms with E-state index in [1.54, 1.807) is 6.08 Å². The van der Waals surface area contributed by atoms with Crippen molar-refractivity contribution in [3.05, 3.63) is 59.2 Å². The van der Waals surface area contributed by atoms with Gasteiger partial charge in [0.2, 0.25) is 0 Å². The molecule has 2 unspecified atom stereocenters. The fourth-order valence-corrected chi connectivity index (χ4v) is 3.78. The highest BCUT2D eigenvalue weighted by Gasteiger charge is 2.38. The third kappa shape index (κ3) is 3.43. The molecule has 2 aliphatic carbocycles. The molecule has 3 rings (SSSR count). The van der Waals surface area contributed by atoms with Gasteiger partial charge >= 0.3 is 0 Å². The molecular weight excluding hydrogens is 336 g/mol. The molecule has 0 aromatic heterocycles. The summed E-state index contributed by atoms with van der Waals surface area (Å²) in [7, 11) is 0. The third-order valence-electron chi connectivity index (χ3n) is 5.36. The summed E-state index contributed by atoms with van der Waals surface area (Å²) in [5.41, 5.74) is 2.13. The van der Waals surface area contributed by atoms with Crippen molar-refractivity contribution >= 4 is 17.1 Å². The molecule has 1 aromatic carbocycles. The summed E-state index contributed by atoms with van der Waals surface area (Å²) in [6.45, 7) is 12.2. The first-order valence-electron chi connectivity index (χ1n) is 9.44. The van der Waals surface area contributed by atoms with Crippen LogP contribution in [-0.2, 0) is 20.4 Å². The lowest BCUT2D eigenvalue weighted by molar-refractivity contribution is -0.125. The standard InChI is InChI=1S/C24H28O3/c1-23(2,3)18-11-14(12-19(22(18)27)24(4,5)6)17-13-20(25)15-9-7-8-10-16(15)21(17)26/h7-13,15-16,27H,1-6H3. The quantitative estimate of drug-likeness (QED) is 0.772. The first kappa shape index (κ1) is 19.3. The van der Waals surface area contributed by atoms with E-state index in [9.17, 15) is 14.7 Å². The Kier molecular flexibility index (Phi) is 4.54. The van der Waals surface area contributed by atoms with Gasteiger partial charge in [0.15, 0.2) is 11.6 Å². The van der Waals surface area contributed by atoms with Gasteiger partial charge in [0, 0.05) is 16.7 Å². The highest BCUT2D eigenvalue weighted by molar-refractivity contribution is 6.30. The van der Waals surface area contributed by atoms with Gasteiger partial charge in [0.1, 0.15) is 5.75 Å². The predicted molar refractivity (Wildman–Crippen MR) is 109 cm³/mol. The zero-order chi connectivity index (χ0) is 20.1.